The second-order valence-corrected chi connectivity index (χ2v) is 10.0. The van der Waals surface area contributed by atoms with Gasteiger partial charge >= 0.3 is 0 Å². The summed E-state index contributed by atoms with van der Waals surface area (Å²) in [6.45, 7) is -0.0850. The van der Waals surface area contributed by atoms with Gasteiger partial charge in [-0.2, -0.15) is 4.31 Å². The van der Waals surface area contributed by atoms with Crippen molar-refractivity contribution in [3.05, 3.63) is 88.9 Å². The van der Waals surface area contributed by atoms with Crippen molar-refractivity contribution in [2.75, 3.05) is 32.1 Å². The summed E-state index contributed by atoms with van der Waals surface area (Å²) in [5, 5.41) is 0. The lowest BCUT2D eigenvalue weighted by Gasteiger charge is -2.25. The van der Waals surface area contributed by atoms with E-state index >= 15 is 0 Å². The van der Waals surface area contributed by atoms with E-state index < -0.39 is 10.0 Å². The molecule has 0 saturated heterocycles. The average molecular weight is 517 g/mol. The number of carbonyl (C=O) groups excluding carboxylic acids is 1. The van der Waals surface area contributed by atoms with Crippen LogP contribution in [0.3, 0.4) is 0 Å². The van der Waals surface area contributed by atoms with Crippen LogP contribution in [0.4, 0.5) is 5.69 Å². The number of anilines is 1. The molecule has 0 saturated carbocycles. The maximum atomic E-state index is 13.4. The highest BCUT2D eigenvalue weighted by Crippen LogP contribution is 2.22. The molecule has 168 valence electrons. The third-order valence-corrected chi connectivity index (χ3v) is 7.48. The fraction of sp³-hybridized carbons (Fsp3) is 0.208. The van der Waals surface area contributed by atoms with Crippen LogP contribution in [0.2, 0.25) is 0 Å². The lowest BCUT2D eigenvalue weighted by Crippen LogP contribution is -2.42. The SMILES string of the molecule is COc1ccc(N(C)C(=O)CN(CCc2ccccc2)S(=O)(=O)c2ccc(Br)cc2)cc1. The Kier molecular flexibility index (Phi) is 8.06. The minimum Gasteiger partial charge on any atom is -0.497 e. The third kappa shape index (κ3) is 5.97. The highest BCUT2D eigenvalue weighted by Gasteiger charge is 2.28. The fourth-order valence-corrected chi connectivity index (χ4v) is 4.80. The van der Waals surface area contributed by atoms with Gasteiger partial charge in [0.25, 0.3) is 0 Å². The van der Waals surface area contributed by atoms with E-state index in [4.69, 9.17) is 4.74 Å². The number of methoxy groups -OCH3 is 1. The number of halogens is 1. The van der Waals surface area contributed by atoms with Crippen LogP contribution in [0.5, 0.6) is 5.75 Å². The molecule has 0 spiro atoms. The van der Waals surface area contributed by atoms with E-state index in [1.165, 1.54) is 21.3 Å². The van der Waals surface area contributed by atoms with E-state index in [0.717, 1.165) is 10.0 Å². The second-order valence-electron chi connectivity index (χ2n) is 7.18. The van der Waals surface area contributed by atoms with Gasteiger partial charge in [-0.05, 0) is 60.5 Å². The molecule has 0 bridgehead atoms. The Bertz CT molecular complexity index is 1130. The highest BCUT2D eigenvalue weighted by atomic mass is 79.9. The van der Waals surface area contributed by atoms with Crippen molar-refractivity contribution in [1.82, 2.24) is 4.31 Å². The van der Waals surface area contributed by atoms with Crippen molar-refractivity contribution >= 4 is 37.5 Å². The summed E-state index contributed by atoms with van der Waals surface area (Å²) in [6.07, 6.45) is 0.496. The topological polar surface area (TPSA) is 66.9 Å². The van der Waals surface area contributed by atoms with Gasteiger partial charge in [0.1, 0.15) is 5.75 Å². The molecule has 0 N–H and O–H groups in total. The van der Waals surface area contributed by atoms with Gasteiger partial charge in [0.15, 0.2) is 0 Å². The summed E-state index contributed by atoms with van der Waals surface area (Å²) in [5.74, 6) is 0.348. The number of likely N-dealkylation sites (N-methyl/N-ethyl adjacent to an activating group) is 1. The summed E-state index contributed by atoms with van der Waals surface area (Å²) in [5.41, 5.74) is 1.65. The molecule has 3 aromatic rings. The molecular weight excluding hydrogens is 492 g/mol. The third-order valence-electron chi connectivity index (χ3n) is 5.09. The zero-order valence-corrected chi connectivity index (χ0v) is 20.3. The predicted octanol–water partition coefficient (Wildman–Crippen LogP) is 4.35. The summed E-state index contributed by atoms with van der Waals surface area (Å²) < 4.78 is 33.9. The van der Waals surface area contributed by atoms with E-state index in [9.17, 15) is 13.2 Å². The number of hydrogen-bond acceptors (Lipinski definition) is 4. The number of sulfonamides is 1. The molecule has 3 aromatic carbocycles. The number of amides is 1. The van der Waals surface area contributed by atoms with Gasteiger partial charge in [-0.3, -0.25) is 4.79 Å². The normalized spacial score (nSPS) is 11.4. The van der Waals surface area contributed by atoms with Crippen LogP contribution in [0, 0.1) is 0 Å². The molecule has 0 atom stereocenters. The molecule has 8 heteroatoms. The molecule has 0 unspecified atom stereocenters. The molecule has 0 aliphatic heterocycles. The Morgan fingerprint density at radius 2 is 1.56 bits per heavy atom. The van der Waals surface area contributed by atoms with Crippen LogP contribution in [-0.4, -0.2) is 45.9 Å². The summed E-state index contributed by atoms with van der Waals surface area (Å²) in [6, 6.07) is 23.0. The molecule has 0 aromatic heterocycles. The fourth-order valence-electron chi connectivity index (χ4n) is 3.15. The maximum Gasteiger partial charge on any atom is 0.243 e. The van der Waals surface area contributed by atoms with Gasteiger partial charge in [-0.25, -0.2) is 8.42 Å². The number of rotatable bonds is 9. The Morgan fingerprint density at radius 1 is 0.938 bits per heavy atom. The zero-order valence-electron chi connectivity index (χ0n) is 17.9. The Labute approximate surface area is 197 Å². The molecule has 0 fully saturated rings. The second kappa shape index (κ2) is 10.8. The van der Waals surface area contributed by atoms with Crippen LogP contribution in [0.1, 0.15) is 5.56 Å². The molecule has 0 aliphatic rings. The first-order chi connectivity index (χ1) is 15.3. The van der Waals surface area contributed by atoms with Gasteiger partial charge in [-0.1, -0.05) is 46.3 Å². The summed E-state index contributed by atoms with van der Waals surface area (Å²) in [7, 11) is -0.663. The van der Waals surface area contributed by atoms with Crippen molar-refractivity contribution in [2.24, 2.45) is 0 Å². The van der Waals surface area contributed by atoms with E-state index in [2.05, 4.69) is 15.9 Å². The highest BCUT2D eigenvalue weighted by molar-refractivity contribution is 9.10. The van der Waals surface area contributed by atoms with Gasteiger partial charge in [0.2, 0.25) is 15.9 Å². The zero-order chi connectivity index (χ0) is 23.1. The van der Waals surface area contributed by atoms with Gasteiger partial charge in [-0.15, -0.1) is 0 Å². The number of hydrogen-bond donors (Lipinski definition) is 0. The first-order valence-electron chi connectivity index (χ1n) is 10.0. The summed E-state index contributed by atoms with van der Waals surface area (Å²) in [4.78, 5) is 14.6. The lowest BCUT2D eigenvalue weighted by molar-refractivity contribution is -0.118. The van der Waals surface area contributed by atoms with Crippen LogP contribution in [-0.2, 0) is 21.2 Å². The van der Waals surface area contributed by atoms with E-state index in [1.807, 2.05) is 30.3 Å². The smallest absolute Gasteiger partial charge is 0.243 e. The number of carbonyl (C=O) groups is 1. The van der Waals surface area contributed by atoms with E-state index in [0.29, 0.717) is 17.9 Å². The van der Waals surface area contributed by atoms with Crippen molar-refractivity contribution in [3.8, 4) is 5.75 Å². The minimum absolute atomic E-state index is 0.147. The number of nitrogens with zero attached hydrogens (tertiary/aromatic N) is 2. The molecule has 0 heterocycles. The van der Waals surface area contributed by atoms with Crippen molar-refractivity contribution in [2.45, 2.75) is 11.3 Å². The van der Waals surface area contributed by atoms with Crippen LogP contribution in [0.25, 0.3) is 0 Å². The largest absolute Gasteiger partial charge is 0.497 e. The average Bonchev–Trinajstić information content (AvgIpc) is 2.82. The predicted molar refractivity (Wildman–Crippen MR) is 129 cm³/mol. The number of ether oxygens (including phenoxy) is 1. The lowest BCUT2D eigenvalue weighted by atomic mass is 10.1. The Hall–Kier alpha value is -2.68. The maximum absolute atomic E-state index is 13.4. The molecule has 0 radical (unpaired) electrons. The molecule has 0 aliphatic carbocycles. The first kappa shape index (κ1) is 24.0. The van der Waals surface area contributed by atoms with Crippen LogP contribution >= 0.6 is 15.9 Å². The molecule has 6 nitrogen and oxygen atoms in total. The van der Waals surface area contributed by atoms with E-state index in [1.54, 1.807) is 50.6 Å². The van der Waals surface area contributed by atoms with Crippen molar-refractivity contribution < 1.29 is 17.9 Å². The Morgan fingerprint density at radius 3 is 2.16 bits per heavy atom. The van der Waals surface area contributed by atoms with E-state index in [-0.39, 0.29) is 23.9 Å². The van der Waals surface area contributed by atoms with Crippen molar-refractivity contribution in [3.63, 3.8) is 0 Å². The molecule has 1 amide bonds. The minimum atomic E-state index is -3.86. The van der Waals surface area contributed by atoms with Gasteiger partial charge < -0.3 is 9.64 Å². The first-order valence-corrected chi connectivity index (χ1v) is 12.2. The van der Waals surface area contributed by atoms with Gasteiger partial charge in [0.05, 0.1) is 18.6 Å². The monoisotopic (exact) mass is 516 g/mol. The van der Waals surface area contributed by atoms with Crippen molar-refractivity contribution in [1.29, 1.82) is 0 Å². The Balaban J connectivity index is 1.83. The summed E-state index contributed by atoms with van der Waals surface area (Å²) >= 11 is 3.33. The van der Waals surface area contributed by atoms with Crippen LogP contribution in [0.15, 0.2) is 88.2 Å². The van der Waals surface area contributed by atoms with Crippen LogP contribution < -0.4 is 9.64 Å². The molecule has 32 heavy (non-hydrogen) atoms. The number of benzene rings is 3. The van der Waals surface area contributed by atoms with Gasteiger partial charge in [0, 0.05) is 23.8 Å². The molecule has 3 rings (SSSR count). The standard InChI is InChI=1S/C24H25BrN2O4S/c1-26(21-10-12-22(31-2)13-11-21)24(28)18-27(17-16-19-6-4-3-5-7-19)32(29,30)23-14-8-20(25)9-15-23/h3-15H,16-18H2,1-2H3. The quantitative estimate of drug-likeness (QED) is 0.423. The molecular formula is C24H25BrN2O4S.